The van der Waals surface area contributed by atoms with Crippen LogP contribution in [0.25, 0.3) is 0 Å². The molecule has 0 radical (unpaired) electrons. The first-order valence-electron chi connectivity index (χ1n) is 11.9. The molecule has 2 aliphatic heterocycles. The van der Waals surface area contributed by atoms with Gasteiger partial charge in [0.25, 0.3) is 0 Å². The van der Waals surface area contributed by atoms with Gasteiger partial charge in [-0.25, -0.2) is 9.80 Å². The van der Waals surface area contributed by atoms with Gasteiger partial charge < -0.3 is 9.64 Å². The lowest BCUT2D eigenvalue weighted by Crippen LogP contribution is -2.35. The Hall–Kier alpha value is -3.86. The van der Waals surface area contributed by atoms with Crippen LogP contribution in [0.1, 0.15) is 36.5 Å². The second kappa shape index (κ2) is 9.56. The summed E-state index contributed by atoms with van der Waals surface area (Å²) in [6, 6.07) is 22.2. The number of hydrazone groups is 1. The number of aryl methyl sites for hydroxylation is 1. The Morgan fingerprint density at radius 2 is 1.62 bits per heavy atom. The summed E-state index contributed by atoms with van der Waals surface area (Å²) in [6.45, 7) is 7.56. The molecule has 0 N–H and O–H groups in total. The molecule has 5 heteroatoms. The van der Waals surface area contributed by atoms with E-state index < -0.39 is 5.97 Å². The largest absolute Gasteiger partial charge is 0.422 e. The summed E-state index contributed by atoms with van der Waals surface area (Å²) in [7, 11) is 0. The highest BCUT2D eigenvalue weighted by molar-refractivity contribution is 5.94. The topological polar surface area (TPSA) is 45.1 Å². The third-order valence-corrected chi connectivity index (χ3v) is 6.36. The fourth-order valence-corrected chi connectivity index (χ4v) is 4.79. The highest BCUT2D eigenvalue weighted by Crippen LogP contribution is 2.42. The molecule has 0 spiro atoms. The van der Waals surface area contributed by atoms with Gasteiger partial charge in [0.05, 0.1) is 17.6 Å². The van der Waals surface area contributed by atoms with E-state index >= 15 is 0 Å². The van der Waals surface area contributed by atoms with Gasteiger partial charge >= 0.3 is 5.97 Å². The van der Waals surface area contributed by atoms with Crippen molar-refractivity contribution in [3.8, 4) is 5.75 Å². The number of carbonyl (C=O) groups excluding carboxylic acids is 1. The third-order valence-electron chi connectivity index (χ3n) is 6.36. The van der Waals surface area contributed by atoms with Crippen LogP contribution in [-0.2, 0) is 17.6 Å². The first-order valence-corrected chi connectivity index (χ1v) is 11.9. The third kappa shape index (κ3) is 4.34. The molecule has 0 bridgehead atoms. The molecule has 0 saturated heterocycles. The van der Waals surface area contributed by atoms with E-state index in [9.17, 15) is 4.79 Å². The predicted octanol–water partition coefficient (Wildman–Crippen LogP) is 6.04. The van der Waals surface area contributed by atoms with Crippen LogP contribution in [0.3, 0.4) is 0 Å². The quantitative estimate of drug-likeness (QED) is 0.151. The van der Waals surface area contributed by atoms with Gasteiger partial charge in [-0.2, -0.15) is 5.10 Å². The van der Waals surface area contributed by atoms with E-state index in [2.05, 4.69) is 17.5 Å². The van der Waals surface area contributed by atoms with E-state index in [0.29, 0.717) is 11.3 Å². The molecule has 2 heterocycles. The standard InChI is InChI=1S/C29H29N3O2/c1-21(2)29(33)34-28-23(19-22-11-9-17-31-18-10-16-26(28)27(22)31)20-30-32(24-12-5-3-6-13-24)25-14-7-4-8-15-25/h3-8,12-15,19-20H,1,9-11,16-18H2,2H3/b30-20+. The summed E-state index contributed by atoms with van der Waals surface area (Å²) in [6.07, 6.45) is 5.92. The van der Waals surface area contributed by atoms with Crippen LogP contribution in [0.15, 0.2) is 84.0 Å². The first-order chi connectivity index (χ1) is 16.6. The second-order valence-corrected chi connectivity index (χ2v) is 8.87. The fourth-order valence-electron chi connectivity index (χ4n) is 4.79. The molecule has 0 amide bonds. The number of carbonyl (C=O) groups is 1. The molecule has 0 unspecified atom stereocenters. The van der Waals surface area contributed by atoms with E-state index in [1.165, 1.54) is 11.3 Å². The number of hydrogen-bond acceptors (Lipinski definition) is 5. The molecule has 0 aliphatic carbocycles. The Morgan fingerprint density at radius 1 is 1.00 bits per heavy atom. The van der Waals surface area contributed by atoms with Crippen molar-refractivity contribution >= 4 is 29.2 Å². The molecule has 2 aliphatic rings. The molecule has 5 rings (SSSR count). The molecule has 172 valence electrons. The van der Waals surface area contributed by atoms with Crippen molar-refractivity contribution in [1.82, 2.24) is 0 Å². The molecule has 0 saturated carbocycles. The number of para-hydroxylation sites is 2. The van der Waals surface area contributed by atoms with Gasteiger partial charge in [0.1, 0.15) is 5.75 Å². The molecule has 34 heavy (non-hydrogen) atoms. The maximum Gasteiger partial charge on any atom is 0.338 e. The predicted molar refractivity (Wildman–Crippen MR) is 138 cm³/mol. The average Bonchev–Trinajstić information content (AvgIpc) is 2.87. The van der Waals surface area contributed by atoms with Crippen molar-refractivity contribution in [1.29, 1.82) is 0 Å². The van der Waals surface area contributed by atoms with Gasteiger partial charge in [-0.15, -0.1) is 0 Å². The number of anilines is 3. The van der Waals surface area contributed by atoms with Gasteiger partial charge in [-0.1, -0.05) is 43.0 Å². The SMILES string of the molecule is C=C(C)C(=O)Oc1c(/C=N/N(c2ccccc2)c2ccccc2)cc2c3c1CCCN3CCC2. The van der Waals surface area contributed by atoms with Crippen LogP contribution in [-0.4, -0.2) is 25.3 Å². The van der Waals surface area contributed by atoms with Crippen molar-refractivity contribution < 1.29 is 9.53 Å². The minimum atomic E-state index is -0.401. The minimum Gasteiger partial charge on any atom is -0.422 e. The van der Waals surface area contributed by atoms with E-state index in [-0.39, 0.29) is 0 Å². The monoisotopic (exact) mass is 451 g/mol. The number of nitrogens with zero attached hydrogens (tertiary/aromatic N) is 3. The fraction of sp³-hybridized carbons (Fsp3) is 0.241. The molecule has 3 aromatic rings. The number of esters is 1. The summed E-state index contributed by atoms with van der Waals surface area (Å²) in [4.78, 5) is 15.0. The Labute approximate surface area is 201 Å². The summed E-state index contributed by atoms with van der Waals surface area (Å²) >= 11 is 0. The van der Waals surface area contributed by atoms with Gasteiger partial charge in [0, 0.05) is 35.5 Å². The lowest BCUT2D eigenvalue weighted by atomic mass is 9.89. The van der Waals surface area contributed by atoms with Gasteiger partial charge in [0.15, 0.2) is 0 Å². The van der Waals surface area contributed by atoms with Crippen molar-refractivity contribution in [3.05, 3.63) is 95.6 Å². The van der Waals surface area contributed by atoms with E-state index in [1.807, 2.05) is 71.9 Å². The number of ether oxygens (including phenoxy) is 1. The van der Waals surface area contributed by atoms with Crippen LogP contribution in [0.2, 0.25) is 0 Å². The zero-order valence-corrected chi connectivity index (χ0v) is 19.5. The maximum atomic E-state index is 12.6. The van der Waals surface area contributed by atoms with Crippen molar-refractivity contribution in [3.63, 3.8) is 0 Å². The minimum absolute atomic E-state index is 0.385. The highest BCUT2D eigenvalue weighted by Gasteiger charge is 2.29. The van der Waals surface area contributed by atoms with Crippen LogP contribution in [0.5, 0.6) is 5.75 Å². The first kappa shape index (κ1) is 22.0. The Kier molecular flexibility index (Phi) is 6.17. The Bertz CT molecular complexity index is 1190. The maximum absolute atomic E-state index is 12.6. The summed E-state index contributed by atoms with van der Waals surface area (Å²) in [5, 5.41) is 6.79. The molecule has 0 fully saturated rings. The summed E-state index contributed by atoms with van der Waals surface area (Å²) in [5.41, 5.74) is 6.79. The van der Waals surface area contributed by atoms with Gasteiger partial charge in [0.2, 0.25) is 0 Å². The number of rotatable bonds is 6. The Balaban J connectivity index is 1.62. The second-order valence-electron chi connectivity index (χ2n) is 8.87. The van der Waals surface area contributed by atoms with E-state index in [4.69, 9.17) is 9.84 Å². The molecule has 3 aromatic carbocycles. The number of hydrogen-bond donors (Lipinski definition) is 0. The molecule has 0 aromatic heterocycles. The molecular formula is C29H29N3O2. The Morgan fingerprint density at radius 3 is 2.24 bits per heavy atom. The normalized spacial score (nSPS) is 14.6. The highest BCUT2D eigenvalue weighted by atomic mass is 16.5. The van der Waals surface area contributed by atoms with Crippen molar-refractivity contribution in [2.75, 3.05) is 23.0 Å². The van der Waals surface area contributed by atoms with Crippen LogP contribution >= 0.6 is 0 Å². The van der Waals surface area contributed by atoms with Gasteiger partial charge in [-0.3, -0.25) is 0 Å². The smallest absolute Gasteiger partial charge is 0.338 e. The van der Waals surface area contributed by atoms with Crippen molar-refractivity contribution in [2.45, 2.75) is 32.6 Å². The molecule has 0 atom stereocenters. The summed E-state index contributed by atoms with van der Waals surface area (Å²) < 4.78 is 5.95. The lowest BCUT2D eigenvalue weighted by molar-refractivity contribution is -0.130. The van der Waals surface area contributed by atoms with E-state index in [0.717, 1.165) is 61.3 Å². The van der Waals surface area contributed by atoms with Crippen molar-refractivity contribution in [2.24, 2.45) is 5.10 Å². The zero-order valence-electron chi connectivity index (χ0n) is 19.5. The average molecular weight is 452 g/mol. The lowest BCUT2D eigenvalue weighted by Gasteiger charge is -2.38. The van der Waals surface area contributed by atoms with Crippen LogP contribution in [0, 0.1) is 0 Å². The molecule has 5 nitrogen and oxygen atoms in total. The molecular weight excluding hydrogens is 422 g/mol. The van der Waals surface area contributed by atoms with Crippen LogP contribution in [0.4, 0.5) is 17.1 Å². The van der Waals surface area contributed by atoms with Gasteiger partial charge in [-0.05, 0) is 68.5 Å². The van der Waals surface area contributed by atoms with E-state index in [1.54, 1.807) is 6.92 Å². The van der Waals surface area contributed by atoms with Crippen LogP contribution < -0.4 is 14.6 Å². The summed E-state index contributed by atoms with van der Waals surface area (Å²) in [5.74, 6) is 0.213. The number of benzene rings is 3. The zero-order chi connectivity index (χ0) is 23.5.